The molecular weight excluding hydrogens is 353 g/mol. The van der Waals surface area contributed by atoms with Crippen LogP contribution in [0.15, 0.2) is 0 Å². The van der Waals surface area contributed by atoms with Crippen molar-refractivity contribution in [1.29, 1.82) is 0 Å². The Morgan fingerprint density at radius 3 is 3.22 bits per heavy atom. The average molecular weight is 362 g/mol. The molecule has 1 saturated heterocycles. The predicted molar refractivity (Wildman–Crippen MR) is 43.7 cm³/mol. The molecular formula is C4H9BiO2S2. The Hall–Kier alpha value is 1.50. The van der Waals surface area contributed by atoms with E-state index in [9.17, 15) is 0 Å². The third kappa shape index (κ3) is 3.42. The van der Waals surface area contributed by atoms with Crippen LogP contribution in [0.25, 0.3) is 0 Å². The van der Waals surface area contributed by atoms with Gasteiger partial charge in [0.1, 0.15) is 0 Å². The summed E-state index contributed by atoms with van der Waals surface area (Å²) in [6.07, 6.45) is 0. The van der Waals surface area contributed by atoms with Gasteiger partial charge in [0.25, 0.3) is 0 Å². The molecule has 1 aliphatic rings. The fourth-order valence-electron chi connectivity index (χ4n) is 0.451. The van der Waals surface area contributed by atoms with E-state index in [0.29, 0.717) is 6.61 Å². The molecule has 0 saturated carbocycles. The summed E-state index contributed by atoms with van der Waals surface area (Å²) in [5, 5.41) is 8.47. The first-order valence-corrected chi connectivity index (χ1v) is 14.6. The van der Waals surface area contributed by atoms with E-state index in [0.717, 1.165) is 12.4 Å². The van der Waals surface area contributed by atoms with Gasteiger partial charge in [-0.05, 0) is 0 Å². The van der Waals surface area contributed by atoms with Crippen LogP contribution in [0.1, 0.15) is 0 Å². The van der Waals surface area contributed by atoms with Crippen LogP contribution in [0.3, 0.4) is 0 Å². The Morgan fingerprint density at radius 1 is 1.78 bits per heavy atom. The molecule has 2 nitrogen and oxygen atoms in total. The first-order valence-electron chi connectivity index (χ1n) is 2.73. The monoisotopic (exact) mass is 362 g/mol. The molecule has 0 unspecified atom stereocenters. The number of hydrogen-bond acceptors (Lipinski definition) is 4. The van der Waals surface area contributed by atoms with Crippen LogP contribution in [0.5, 0.6) is 0 Å². The standard InChI is InChI=1S/C2H6OS.C2H5OS.Bi/c2*3-1-2-4;/h3-4H,1-2H2;4H,1-2H2;/q;-1;+3/p-2. The van der Waals surface area contributed by atoms with Gasteiger partial charge in [-0.2, -0.15) is 0 Å². The molecule has 9 heavy (non-hydrogen) atoms. The molecule has 0 radical (unpaired) electrons. The Kier molecular flexibility index (Phi) is 4.96. The normalized spacial score (nSPS) is 21.0. The fraction of sp³-hybridized carbons (Fsp3) is 1.00. The van der Waals surface area contributed by atoms with Gasteiger partial charge in [-0.25, -0.2) is 0 Å². The van der Waals surface area contributed by atoms with E-state index < -0.39 is 19.3 Å². The van der Waals surface area contributed by atoms with Crippen molar-refractivity contribution in [3.63, 3.8) is 0 Å². The minimum absolute atomic E-state index is 0.306. The summed E-state index contributed by atoms with van der Waals surface area (Å²) in [6, 6.07) is 0. The fourth-order valence-corrected chi connectivity index (χ4v) is 17.8. The van der Waals surface area contributed by atoms with Crippen LogP contribution in [-0.4, -0.2) is 49.1 Å². The van der Waals surface area contributed by atoms with Gasteiger partial charge < -0.3 is 0 Å². The van der Waals surface area contributed by atoms with Crippen molar-refractivity contribution < 1.29 is 7.92 Å². The van der Waals surface area contributed by atoms with Gasteiger partial charge in [-0.1, -0.05) is 0 Å². The third-order valence-corrected chi connectivity index (χ3v) is 20.0. The molecule has 1 heterocycles. The minimum atomic E-state index is -1.49. The van der Waals surface area contributed by atoms with Crippen LogP contribution in [-0.2, 0) is 2.81 Å². The molecule has 0 aromatic rings. The van der Waals surface area contributed by atoms with Crippen LogP contribution in [0, 0.1) is 0 Å². The first kappa shape index (κ1) is 8.60. The second kappa shape index (κ2) is 5.19. The number of rotatable bonds is 3. The molecule has 1 fully saturated rings. The van der Waals surface area contributed by atoms with Crippen LogP contribution in [0.2, 0.25) is 0 Å². The van der Waals surface area contributed by atoms with E-state index in [4.69, 9.17) is 7.92 Å². The maximum atomic E-state index is 8.47. The summed E-state index contributed by atoms with van der Waals surface area (Å²) in [5.74, 6) is 2.07. The first-order chi connectivity index (χ1) is 4.43. The van der Waals surface area contributed by atoms with Gasteiger partial charge in [0, 0.05) is 0 Å². The molecule has 54 valence electrons. The predicted octanol–water partition coefficient (Wildman–Crippen LogP) is 0.460. The second-order valence-electron chi connectivity index (χ2n) is 1.45. The summed E-state index contributed by atoms with van der Waals surface area (Å²) in [7, 11) is 3.89. The molecule has 0 aromatic heterocycles. The van der Waals surface area contributed by atoms with Crippen LogP contribution < -0.4 is 0 Å². The van der Waals surface area contributed by atoms with E-state index in [1.54, 1.807) is 0 Å². The summed E-state index contributed by atoms with van der Waals surface area (Å²) in [5.41, 5.74) is 0. The van der Waals surface area contributed by atoms with Crippen molar-refractivity contribution in [2.45, 2.75) is 0 Å². The topological polar surface area (TPSA) is 29.5 Å². The molecule has 0 spiro atoms. The summed E-state index contributed by atoms with van der Waals surface area (Å²) >= 11 is -1.49. The molecule has 0 atom stereocenters. The Morgan fingerprint density at radius 2 is 2.67 bits per heavy atom. The van der Waals surface area contributed by atoms with Gasteiger partial charge in [0.05, 0.1) is 0 Å². The summed E-state index contributed by atoms with van der Waals surface area (Å²) in [6.45, 7) is 1.27. The Bertz CT molecular complexity index is 77.0. The Labute approximate surface area is 68.5 Å². The maximum absolute atomic E-state index is 8.47. The van der Waals surface area contributed by atoms with Gasteiger partial charge in [0.2, 0.25) is 0 Å². The van der Waals surface area contributed by atoms with Gasteiger partial charge >= 0.3 is 68.9 Å². The zero-order valence-corrected chi connectivity index (χ0v) is 10.1. The Balaban J connectivity index is 1.98. The SMILES string of the molecule is OCC[S][Bi]1[O]CC[S]1. The molecule has 1 aliphatic heterocycles. The van der Waals surface area contributed by atoms with E-state index >= 15 is 0 Å². The van der Waals surface area contributed by atoms with E-state index in [1.807, 2.05) is 17.0 Å². The summed E-state index contributed by atoms with van der Waals surface area (Å²) in [4.78, 5) is 0. The number of aliphatic hydroxyl groups is 1. The molecule has 5 heteroatoms. The van der Waals surface area contributed by atoms with E-state index in [-0.39, 0.29) is 0 Å². The van der Waals surface area contributed by atoms with Crippen LogP contribution >= 0.6 is 17.0 Å². The van der Waals surface area contributed by atoms with Crippen molar-refractivity contribution in [3.8, 4) is 0 Å². The molecule has 1 rings (SSSR count). The second-order valence-corrected chi connectivity index (χ2v) is 19.4. The quantitative estimate of drug-likeness (QED) is 0.739. The van der Waals surface area contributed by atoms with Crippen molar-refractivity contribution in [2.24, 2.45) is 0 Å². The molecule has 0 aliphatic carbocycles. The molecule has 0 bridgehead atoms. The van der Waals surface area contributed by atoms with Gasteiger partial charge in [0.15, 0.2) is 0 Å². The van der Waals surface area contributed by atoms with Crippen molar-refractivity contribution in [1.82, 2.24) is 0 Å². The molecule has 0 aromatic carbocycles. The van der Waals surface area contributed by atoms with Crippen molar-refractivity contribution in [2.75, 3.05) is 24.7 Å². The van der Waals surface area contributed by atoms with Gasteiger partial charge in [-0.15, -0.1) is 0 Å². The van der Waals surface area contributed by atoms with Crippen molar-refractivity contribution >= 4 is 36.3 Å². The molecule has 0 amide bonds. The molecule has 1 N–H and O–H groups in total. The zero-order chi connectivity index (χ0) is 6.53. The average Bonchev–Trinajstić information content (AvgIpc) is 2.34. The van der Waals surface area contributed by atoms with Crippen molar-refractivity contribution in [3.05, 3.63) is 0 Å². The number of hydrogen-bond donors (Lipinski definition) is 1. The van der Waals surface area contributed by atoms with E-state index in [2.05, 4.69) is 0 Å². The van der Waals surface area contributed by atoms with Crippen LogP contribution in [0.4, 0.5) is 0 Å². The summed E-state index contributed by atoms with van der Waals surface area (Å²) < 4.78 is 5.47. The van der Waals surface area contributed by atoms with E-state index in [1.165, 1.54) is 5.75 Å². The third-order valence-electron chi connectivity index (χ3n) is 0.765. The zero-order valence-electron chi connectivity index (χ0n) is 4.95. The van der Waals surface area contributed by atoms with Gasteiger partial charge in [-0.3, -0.25) is 0 Å². The number of aliphatic hydroxyl groups excluding tert-OH is 1.